The highest BCUT2D eigenvalue weighted by atomic mass is 35.5. The fourth-order valence-corrected chi connectivity index (χ4v) is 1.14. The van der Waals surface area contributed by atoms with Crippen molar-refractivity contribution in [1.29, 1.82) is 0 Å². The largest absolute Gasteiger partial charge is 0.416 e. The number of anilines is 1. The van der Waals surface area contributed by atoms with E-state index in [9.17, 15) is 13.2 Å². The Morgan fingerprint density at radius 2 is 1.85 bits per heavy atom. The van der Waals surface area contributed by atoms with E-state index < -0.39 is 11.7 Å². The third-order valence-corrected chi connectivity index (χ3v) is 2.35. The molecule has 13 heavy (non-hydrogen) atoms. The molecule has 0 radical (unpaired) electrons. The molecule has 0 aromatic heterocycles. The standard InChI is InChI=1S/C7H5ClF3NS/c8-4-1-3(7(9,10)11)2-5(12)6(4)13/h1-2,13H,12H2. The number of nitrogens with two attached hydrogens (primary N) is 1. The molecule has 0 saturated carbocycles. The molecule has 0 fully saturated rings. The molecule has 0 saturated heterocycles. The van der Waals surface area contributed by atoms with Crippen molar-refractivity contribution in [2.24, 2.45) is 0 Å². The van der Waals surface area contributed by atoms with E-state index in [1.807, 2.05) is 0 Å². The van der Waals surface area contributed by atoms with Crippen molar-refractivity contribution in [2.75, 3.05) is 5.73 Å². The van der Waals surface area contributed by atoms with Crippen LogP contribution in [0.25, 0.3) is 0 Å². The third-order valence-electron chi connectivity index (χ3n) is 1.42. The molecule has 0 aliphatic rings. The lowest BCUT2D eigenvalue weighted by molar-refractivity contribution is -0.137. The molecule has 0 aliphatic heterocycles. The molecule has 1 nitrogen and oxygen atoms in total. The first-order valence-electron chi connectivity index (χ1n) is 3.17. The van der Waals surface area contributed by atoms with E-state index in [0.717, 1.165) is 12.1 Å². The first-order valence-corrected chi connectivity index (χ1v) is 4.00. The van der Waals surface area contributed by atoms with E-state index in [2.05, 4.69) is 12.6 Å². The van der Waals surface area contributed by atoms with Crippen molar-refractivity contribution in [2.45, 2.75) is 11.1 Å². The van der Waals surface area contributed by atoms with Gasteiger partial charge in [0.25, 0.3) is 0 Å². The van der Waals surface area contributed by atoms with Crippen molar-refractivity contribution in [3.63, 3.8) is 0 Å². The summed E-state index contributed by atoms with van der Waals surface area (Å²) in [6.45, 7) is 0. The van der Waals surface area contributed by atoms with Gasteiger partial charge < -0.3 is 5.73 Å². The van der Waals surface area contributed by atoms with E-state index in [0.29, 0.717) is 0 Å². The molecule has 1 aromatic rings. The van der Waals surface area contributed by atoms with Crippen molar-refractivity contribution >= 4 is 29.9 Å². The van der Waals surface area contributed by atoms with Gasteiger partial charge in [-0.2, -0.15) is 13.2 Å². The van der Waals surface area contributed by atoms with Crippen molar-refractivity contribution < 1.29 is 13.2 Å². The first kappa shape index (κ1) is 10.5. The molecule has 6 heteroatoms. The maximum atomic E-state index is 12.1. The monoisotopic (exact) mass is 227 g/mol. The second kappa shape index (κ2) is 3.31. The van der Waals surface area contributed by atoms with Crippen molar-refractivity contribution in [3.8, 4) is 0 Å². The van der Waals surface area contributed by atoms with Gasteiger partial charge in [0.1, 0.15) is 0 Å². The topological polar surface area (TPSA) is 26.0 Å². The van der Waals surface area contributed by atoms with E-state index in [1.165, 1.54) is 0 Å². The van der Waals surface area contributed by atoms with Crippen LogP contribution in [0, 0.1) is 0 Å². The van der Waals surface area contributed by atoms with E-state index >= 15 is 0 Å². The minimum Gasteiger partial charge on any atom is -0.398 e. The second-order valence-corrected chi connectivity index (χ2v) is 3.25. The number of nitrogen functional groups attached to an aromatic ring is 1. The van der Waals surface area contributed by atoms with Gasteiger partial charge in [0, 0.05) is 10.6 Å². The van der Waals surface area contributed by atoms with Gasteiger partial charge in [0.15, 0.2) is 0 Å². The Morgan fingerprint density at radius 3 is 2.23 bits per heavy atom. The van der Waals surface area contributed by atoms with Crippen LogP contribution >= 0.6 is 24.2 Å². The zero-order chi connectivity index (χ0) is 10.2. The molecule has 0 atom stereocenters. The molecular formula is C7H5ClF3NS. The van der Waals surface area contributed by atoms with E-state index in [4.69, 9.17) is 17.3 Å². The van der Waals surface area contributed by atoms with Crippen LogP contribution in [0.1, 0.15) is 5.56 Å². The molecule has 0 aliphatic carbocycles. The predicted molar refractivity (Wildman–Crippen MR) is 48.1 cm³/mol. The van der Waals surface area contributed by atoms with Crippen LogP contribution in [0.3, 0.4) is 0 Å². The average molecular weight is 228 g/mol. The summed E-state index contributed by atoms with van der Waals surface area (Å²) in [7, 11) is 0. The SMILES string of the molecule is Nc1cc(C(F)(F)F)cc(Cl)c1S. The molecule has 72 valence electrons. The summed E-state index contributed by atoms with van der Waals surface area (Å²) in [4.78, 5) is 0.162. The van der Waals surface area contributed by atoms with Crippen molar-refractivity contribution in [1.82, 2.24) is 0 Å². The lowest BCUT2D eigenvalue weighted by Crippen LogP contribution is -2.06. The Balaban J connectivity index is 3.29. The van der Waals surface area contributed by atoms with Crippen LogP contribution in [0.2, 0.25) is 5.02 Å². The molecule has 0 heterocycles. The molecular weight excluding hydrogens is 223 g/mol. The third kappa shape index (κ3) is 2.22. The molecule has 0 spiro atoms. The number of benzene rings is 1. The molecule has 0 unspecified atom stereocenters. The van der Waals surface area contributed by atoms with E-state index in [-0.39, 0.29) is 15.6 Å². The Hall–Kier alpha value is -0.550. The van der Waals surface area contributed by atoms with Gasteiger partial charge in [0.05, 0.1) is 10.6 Å². The lowest BCUT2D eigenvalue weighted by atomic mass is 10.2. The van der Waals surface area contributed by atoms with Gasteiger partial charge in [-0.05, 0) is 12.1 Å². The zero-order valence-electron chi connectivity index (χ0n) is 6.19. The summed E-state index contributed by atoms with van der Waals surface area (Å²) in [6.07, 6.45) is -4.43. The van der Waals surface area contributed by atoms with E-state index in [1.54, 1.807) is 0 Å². The number of hydrogen-bond acceptors (Lipinski definition) is 2. The molecule has 1 rings (SSSR count). The number of halogens is 4. The molecule has 0 amide bonds. The van der Waals surface area contributed by atoms with Crippen LogP contribution in [-0.2, 0) is 6.18 Å². The maximum absolute atomic E-state index is 12.1. The Kier molecular flexibility index (Phi) is 2.68. The van der Waals surface area contributed by atoms with Crippen LogP contribution in [0.15, 0.2) is 17.0 Å². The van der Waals surface area contributed by atoms with Crippen LogP contribution in [0.4, 0.5) is 18.9 Å². The number of rotatable bonds is 0. The van der Waals surface area contributed by atoms with Crippen LogP contribution in [0.5, 0.6) is 0 Å². The zero-order valence-corrected chi connectivity index (χ0v) is 7.84. The highest BCUT2D eigenvalue weighted by molar-refractivity contribution is 7.80. The lowest BCUT2D eigenvalue weighted by Gasteiger charge is -2.09. The van der Waals surface area contributed by atoms with Crippen LogP contribution < -0.4 is 5.73 Å². The maximum Gasteiger partial charge on any atom is 0.416 e. The highest BCUT2D eigenvalue weighted by Crippen LogP contribution is 2.36. The Bertz CT molecular complexity index is 314. The molecule has 0 bridgehead atoms. The molecule has 2 N–H and O–H groups in total. The quantitative estimate of drug-likeness (QED) is 0.517. The minimum absolute atomic E-state index is 0.0804. The van der Waals surface area contributed by atoms with Gasteiger partial charge in [-0.25, -0.2) is 0 Å². The van der Waals surface area contributed by atoms with Crippen molar-refractivity contribution in [3.05, 3.63) is 22.7 Å². The highest BCUT2D eigenvalue weighted by Gasteiger charge is 2.31. The van der Waals surface area contributed by atoms with Gasteiger partial charge >= 0.3 is 6.18 Å². The van der Waals surface area contributed by atoms with Gasteiger partial charge in [-0.15, -0.1) is 12.6 Å². The number of alkyl halides is 3. The number of hydrogen-bond donors (Lipinski definition) is 2. The summed E-state index contributed by atoms with van der Waals surface area (Å²) >= 11 is 9.30. The van der Waals surface area contributed by atoms with Gasteiger partial charge in [-0.3, -0.25) is 0 Å². The summed E-state index contributed by atoms with van der Waals surface area (Å²) in [5.41, 5.74) is 4.31. The second-order valence-electron chi connectivity index (χ2n) is 2.39. The number of thiol groups is 1. The summed E-state index contributed by atoms with van der Waals surface area (Å²) in [5.74, 6) is 0. The summed E-state index contributed by atoms with van der Waals surface area (Å²) in [6, 6.07) is 1.59. The summed E-state index contributed by atoms with van der Waals surface area (Å²) in [5, 5.41) is -0.101. The average Bonchev–Trinajstić information content (AvgIpc) is 1.97. The Labute approximate surface area is 83.1 Å². The normalized spacial score (nSPS) is 11.8. The minimum atomic E-state index is -4.43. The van der Waals surface area contributed by atoms with Gasteiger partial charge in [-0.1, -0.05) is 11.6 Å². The summed E-state index contributed by atoms with van der Waals surface area (Å²) < 4.78 is 36.4. The van der Waals surface area contributed by atoms with Gasteiger partial charge in [0.2, 0.25) is 0 Å². The first-order chi connectivity index (χ1) is 5.82. The van der Waals surface area contributed by atoms with Crippen LogP contribution in [-0.4, -0.2) is 0 Å². The fraction of sp³-hybridized carbons (Fsp3) is 0.143. The predicted octanol–water partition coefficient (Wildman–Crippen LogP) is 3.23. The Morgan fingerprint density at radius 1 is 1.31 bits per heavy atom. The smallest absolute Gasteiger partial charge is 0.398 e. The fourth-order valence-electron chi connectivity index (χ4n) is 0.784. The molecule has 1 aromatic carbocycles.